The summed E-state index contributed by atoms with van der Waals surface area (Å²) in [5.41, 5.74) is 7.20. The van der Waals surface area contributed by atoms with Gasteiger partial charge in [0.1, 0.15) is 17.1 Å². The number of aromatic nitrogens is 2. The van der Waals surface area contributed by atoms with Crippen molar-refractivity contribution >= 4 is 27.8 Å². The second-order valence-electron chi connectivity index (χ2n) is 7.82. The van der Waals surface area contributed by atoms with Crippen LogP contribution >= 0.6 is 0 Å². The fraction of sp³-hybridized carbons (Fsp3) is 0.0769. The Kier molecular flexibility index (Phi) is 4.26. The van der Waals surface area contributed by atoms with Crippen LogP contribution in [0.25, 0.3) is 44.3 Å². The number of phenols is 1. The van der Waals surface area contributed by atoms with E-state index in [9.17, 15) is 15.0 Å². The van der Waals surface area contributed by atoms with Gasteiger partial charge in [0.25, 0.3) is 0 Å². The van der Waals surface area contributed by atoms with Gasteiger partial charge < -0.3 is 15.2 Å². The smallest absolute Gasteiger partial charge is 0.335 e. The lowest BCUT2D eigenvalue weighted by Gasteiger charge is -2.06. The quantitative estimate of drug-likeness (QED) is 0.338. The summed E-state index contributed by atoms with van der Waals surface area (Å²) in [6.07, 6.45) is 0. The normalized spacial score (nSPS) is 11.3. The Labute approximate surface area is 178 Å². The van der Waals surface area contributed by atoms with Crippen molar-refractivity contribution in [2.24, 2.45) is 0 Å². The number of nitrogens with one attached hydrogen (secondary N) is 1. The Morgan fingerprint density at radius 1 is 0.839 bits per heavy atom. The van der Waals surface area contributed by atoms with E-state index in [-0.39, 0.29) is 11.3 Å². The van der Waals surface area contributed by atoms with Crippen LogP contribution in [0.15, 0.2) is 66.7 Å². The molecule has 0 fully saturated rings. The van der Waals surface area contributed by atoms with E-state index in [1.54, 1.807) is 12.1 Å². The molecule has 0 amide bonds. The Balaban J connectivity index is 1.58. The topological polar surface area (TPSA) is 86.2 Å². The molecule has 0 radical (unpaired) electrons. The first-order chi connectivity index (χ1) is 14.9. The number of carbonyl (C=O) groups is 1. The van der Waals surface area contributed by atoms with Crippen LogP contribution in [0.3, 0.4) is 0 Å². The van der Waals surface area contributed by atoms with Gasteiger partial charge in [-0.1, -0.05) is 48.5 Å². The highest BCUT2D eigenvalue weighted by Crippen LogP contribution is 2.34. The summed E-state index contributed by atoms with van der Waals surface area (Å²) in [5, 5.41) is 20.9. The molecule has 31 heavy (non-hydrogen) atoms. The van der Waals surface area contributed by atoms with E-state index < -0.39 is 5.97 Å². The summed E-state index contributed by atoms with van der Waals surface area (Å²) >= 11 is 0. The average Bonchev–Trinajstić information content (AvgIpc) is 3.20. The maximum atomic E-state index is 11.3. The fourth-order valence-electron chi connectivity index (χ4n) is 3.91. The van der Waals surface area contributed by atoms with Crippen molar-refractivity contribution in [3.8, 4) is 28.3 Å². The number of rotatable bonds is 3. The fourth-order valence-corrected chi connectivity index (χ4v) is 3.91. The number of fused-ring (bicyclic) bond motifs is 3. The zero-order chi connectivity index (χ0) is 21.7. The van der Waals surface area contributed by atoms with E-state index in [0.717, 1.165) is 16.6 Å². The maximum Gasteiger partial charge on any atom is 0.335 e. The lowest BCUT2D eigenvalue weighted by Crippen LogP contribution is -1.95. The van der Waals surface area contributed by atoms with Gasteiger partial charge in [0, 0.05) is 5.56 Å². The van der Waals surface area contributed by atoms with Crippen molar-refractivity contribution in [2.75, 3.05) is 0 Å². The number of H-pyrrole nitrogens is 1. The number of carboxylic acids is 1. The van der Waals surface area contributed by atoms with Gasteiger partial charge in [0.05, 0.1) is 16.5 Å². The Bertz CT molecular complexity index is 1480. The Morgan fingerprint density at radius 3 is 2.26 bits per heavy atom. The first-order valence-corrected chi connectivity index (χ1v) is 9.97. The molecule has 0 aliphatic carbocycles. The third kappa shape index (κ3) is 3.20. The molecule has 4 aromatic carbocycles. The SMILES string of the molecule is Cc1ccc(-c2ccc(-c3nc4c(ccc5cc(C(=O)O)cc(O)c54)[nH]3)cc2)cc1C. The van der Waals surface area contributed by atoms with Gasteiger partial charge in [0.2, 0.25) is 0 Å². The molecule has 0 saturated heterocycles. The van der Waals surface area contributed by atoms with Crippen LogP contribution in [0.1, 0.15) is 21.5 Å². The van der Waals surface area contributed by atoms with Gasteiger partial charge >= 0.3 is 5.97 Å². The predicted octanol–water partition coefficient (Wildman–Crippen LogP) is 6.07. The van der Waals surface area contributed by atoms with E-state index in [2.05, 4.69) is 49.2 Å². The second kappa shape index (κ2) is 6.99. The van der Waals surface area contributed by atoms with Crippen LogP contribution in [0.4, 0.5) is 0 Å². The molecule has 0 atom stereocenters. The number of benzene rings is 4. The van der Waals surface area contributed by atoms with Crippen LogP contribution in [-0.2, 0) is 0 Å². The minimum Gasteiger partial charge on any atom is -0.507 e. The molecule has 152 valence electrons. The van der Waals surface area contributed by atoms with E-state index in [1.165, 1.54) is 22.8 Å². The number of aromatic hydroxyl groups is 1. The highest BCUT2D eigenvalue weighted by Gasteiger charge is 2.14. The molecular weight excluding hydrogens is 388 g/mol. The molecule has 5 aromatic rings. The summed E-state index contributed by atoms with van der Waals surface area (Å²) in [6, 6.07) is 21.1. The Morgan fingerprint density at radius 2 is 1.55 bits per heavy atom. The minimum atomic E-state index is -1.08. The van der Waals surface area contributed by atoms with Crippen molar-refractivity contribution in [1.82, 2.24) is 9.97 Å². The molecule has 5 nitrogen and oxygen atoms in total. The van der Waals surface area contributed by atoms with E-state index in [1.807, 2.05) is 18.2 Å². The molecule has 1 heterocycles. The van der Waals surface area contributed by atoms with Gasteiger partial charge in [-0.15, -0.1) is 0 Å². The summed E-state index contributed by atoms with van der Waals surface area (Å²) in [5.74, 6) is -0.483. The highest BCUT2D eigenvalue weighted by molar-refractivity contribution is 6.10. The van der Waals surface area contributed by atoms with E-state index >= 15 is 0 Å². The van der Waals surface area contributed by atoms with Gasteiger partial charge in [-0.25, -0.2) is 9.78 Å². The molecule has 0 bridgehead atoms. The molecule has 0 spiro atoms. The van der Waals surface area contributed by atoms with Crippen molar-refractivity contribution in [3.63, 3.8) is 0 Å². The van der Waals surface area contributed by atoms with Crippen LogP contribution in [-0.4, -0.2) is 26.2 Å². The molecule has 0 saturated carbocycles. The summed E-state index contributed by atoms with van der Waals surface area (Å²) < 4.78 is 0. The van der Waals surface area contributed by atoms with Gasteiger partial charge in [-0.05, 0) is 59.7 Å². The van der Waals surface area contributed by atoms with Crippen LogP contribution in [0.2, 0.25) is 0 Å². The average molecular weight is 408 g/mol. The minimum absolute atomic E-state index is 0.0436. The summed E-state index contributed by atoms with van der Waals surface area (Å²) in [7, 11) is 0. The maximum absolute atomic E-state index is 11.3. The summed E-state index contributed by atoms with van der Waals surface area (Å²) in [4.78, 5) is 19.3. The van der Waals surface area contributed by atoms with Crippen molar-refractivity contribution in [1.29, 1.82) is 0 Å². The van der Waals surface area contributed by atoms with Gasteiger partial charge in [-0.2, -0.15) is 0 Å². The zero-order valence-corrected chi connectivity index (χ0v) is 17.1. The predicted molar refractivity (Wildman–Crippen MR) is 123 cm³/mol. The third-order valence-corrected chi connectivity index (χ3v) is 5.79. The molecular formula is C26H20N2O3. The van der Waals surface area contributed by atoms with E-state index in [4.69, 9.17) is 4.98 Å². The standard InChI is InChI=1S/C26H20N2O3/c1-14-3-4-18(11-15(14)2)16-5-7-17(8-6-16)25-27-21-10-9-19-12-20(26(30)31)13-22(29)23(19)24(21)28-25/h3-13,29H,1-2H3,(H,27,28)(H,30,31). The number of hydrogen-bond donors (Lipinski definition) is 3. The number of hydrogen-bond acceptors (Lipinski definition) is 3. The molecule has 0 aliphatic heterocycles. The molecule has 5 heteroatoms. The number of nitrogens with zero attached hydrogens (tertiary/aromatic N) is 1. The highest BCUT2D eigenvalue weighted by atomic mass is 16.4. The molecule has 3 N–H and O–H groups in total. The number of aromatic carboxylic acids is 1. The van der Waals surface area contributed by atoms with Gasteiger partial charge in [-0.3, -0.25) is 0 Å². The number of carboxylic acid groups (broad SMARTS) is 1. The van der Waals surface area contributed by atoms with Crippen LogP contribution in [0.5, 0.6) is 5.75 Å². The molecule has 0 unspecified atom stereocenters. The lowest BCUT2D eigenvalue weighted by atomic mass is 9.99. The zero-order valence-electron chi connectivity index (χ0n) is 17.1. The first kappa shape index (κ1) is 18.9. The third-order valence-electron chi connectivity index (χ3n) is 5.79. The monoisotopic (exact) mass is 408 g/mol. The number of aryl methyl sites for hydroxylation is 2. The number of aromatic amines is 1. The number of phenolic OH excluding ortho intramolecular Hbond substituents is 1. The lowest BCUT2D eigenvalue weighted by molar-refractivity contribution is 0.0696. The number of imidazole rings is 1. The van der Waals surface area contributed by atoms with Crippen molar-refractivity contribution in [3.05, 3.63) is 83.4 Å². The Hall–Kier alpha value is -4.12. The van der Waals surface area contributed by atoms with Crippen LogP contribution < -0.4 is 0 Å². The van der Waals surface area contributed by atoms with Crippen LogP contribution in [0, 0.1) is 13.8 Å². The molecule has 5 rings (SSSR count). The molecule has 1 aromatic heterocycles. The molecule has 0 aliphatic rings. The van der Waals surface area contributed by atoms with E-state index in [0.29, 0.717) is 22.1 Å². The largest absolute Gasteiger partial charge is 0.507 e. The van der Waals surface area contributed by atoms with Gasteiger partial charge in [0.15, 0.2) is 0 Å². The first-order valence-electron chi connectivity index (χ1n) is 9.97. The van der Waals surface area contributed by atoms with Crippen molar-refractivity contribution in [2.45, 2.75) is 13.8 Å². The second-order valence-corrected chi connectivity index (χ2v) is 7.82. The summed E-state index contributed by atoms with van der Waals surface area (Å²) in [6.45, 7) is 4.22. The van der Waals surface area contributed by atoms with Crippen molar-refractivity contribution < 1.29 is 15.0 Å².